The second-order valence-corrected chi connectivity index (χ2v) is 8.58. The van der Waals surface area contributed by atoms with Crippen LogP contribution in [0.25, 0.3) is 4.96 Å². The smallest absolute Gasteiger partial charge is 0.278 e. The Hall–Kier alpha value is -2.54. The largest absolute Gasteiger partial charge is 0.333 e. The van der Waals surface area contributed by atoms with Crippen LogP contribution in [0.2, 0.25) is 0 Å². The number of aromatic nitrogens is 3. The number of hydrogen-bond donors (Lipinski definition) is 0. The quantitative estimate of drug-likeness (QED) is 0.685. The van der Waals surface area contributed by atoms with E-state index in [-0.39, 0.29) is 17.5 Å². The molecular formula is C21H22N4O2S. The molecule has 1 fully saturated rings. The van der Waals surface area contributed by atoms with E-state index in [9.17, 15) is 9.59 Å². The number of carbonyl (C=O) groups excluding carboxylic acids is 1. The maximum Gasteiger partial charge on any atom is 0.278 e. The zero-order valence-electron chi connectivity index (χ0n) is 15.6. The van der Waals surface area contributed by atoms with Gasteiger partial charge in [-0.2, -0.15) is 9.61 Å². The minimum absolute atomic E-state index is 0.0256. The topological polar surface area (TPSA) is 67.6 Å². The molecule has 28 heavy (non-hydrogen) atoms. The van der Waals surface area contributed by atoms with Crippen molar-refractivity contribution in [2.75, 3.05) is 6.54 Å². The standard InChI is InChI=1S/C21H22N4O2S/c26-18(13-14-7-2-1-3-8-14)24-12-6-11-17(24)19-23-25-20(27)15-9-4-5-10-16(15)22-21(25)28-19/h1-3,7-8,17H,4-6,9-13H2/t17-/m1/s1. The van der Waals surface area contributed by atoms with E-state index < -0.39 is 0 Å². The average molecular weight is 395 g/mol. The molecule has 6 nitrogen and oxygen atoms in total. The van der Waals surface area contributed by atoms with Gasteiger partial charge in [0.05, 0.1) is 18.2 Å². The summed E-state index contributed by atoms with van der Waals surface area (Å²) in [6.45, 7) is 0.741. The lowest BCUT2D eigenvalue weighted by Crippen LogP contribution is -2.32. The summed E-state index contributed by atoms with van der Waals surface area (Å²) in [6, 6.07) is 9.77. The van der Waals surface area contributed by atoms with E-state index in [0.717, 1.165) is 66.9 Å². The maximum absolute atomic E-state index is 12.9. The Bertz CT molecular complexity index is 1090. The Labute approximate surface area is 166 Å². The molecule has 2 aliphatic rings. The van der Waals surface area contributed by atoms with E-state index >= 15 is 0 Å². The van der Waals surface area contributed by atoms with Crippen LogP contribution in [-0.2, 0) is 24.1 Å². The van der Waals surface area contributed by atoms with Crippen molar-refractivity contribution in [2.24, 2.45) is 0 Å². The van der Waals surface area contributed by atoms with Crippen molar-refractivity contribution in [1.82, 2.24) is 19.5 Å². The van der Waals surface area contributed by atoms with Crippen molar-refractivity contribution >= 4 is 22.2 Å². The first-order valence-corrected chi connectivity index (χ1v) is 10.8. The van der Waals surface area contributed by atoms with Gasteiger partial charge in [-0.3, -0.25) is 9.59 Å². The van der Waals surface area contributed by atoms with Crippen LogP contribution in [-0.4, -0.2) is 31.9 Å². The normalized spacial score (nSPS) is 19.1. The molecule has 0 bridgehead atoms. The summed E-state index contributed by atoms with van der Waals surface area (Å²) in [6.07, 6.45) is 6.04. The molecule has 7 heteroatoms. The molecule has 0 unspecified atom stereocenters. The highest BCUT2D eigenvalue weighted by Gasteiger charge is 2.33. The van der Waals surface area contributed by atoms with Crippen LogP contribution in [0.15, 0.2) is 35.1 Å². The van der Waals surface area contributed by atoms with Gasteiger partial charge in [0.15, 0.2) is 0 Å². The molecule has 5 rings (SSSR count). The summed E-state index contributed by atoms with van der Waals surface area (Å²) in [4.78, 5) is 33.1. The Morgan fingerprint density at radius 3 is 2.82 bits per heavy atom. The van der Waals surface area contributed by atoms with Gasteiger partial charge in [-0.1, -0.05) is 41.7 Å². The molecule has 0 radical (unpaired) electrons. The first-order chi connectivity index (χ1) is 13.7. The van der Waals surface area contributed by atoms with Crippen LogP contribution in [0.3, 0.4) is 0 Å². The van der Waals surface area contributed by atoms with Gasteiger partial charge >= 0.3 is 0 Å². The molecule has 3 aromatic rings. The molecule has 1 atom stereocenters. The fourth-order valence-electron chi connectivity index (χ4n) is 4.32. The lowest BCUT2D eigenvalue weighted by molar-refractivity contribution is -0.131. The van der Waals surface area contributed by atoms with Crippen LogP contribution in [0.1, 0.15) is 53.6 Å². The summed E-state index contributed by atoms with van der Waals surface area (Å²) >= 11 is 1.46. The maximum atomic E-state index is 12.9. The molecule has 0 saturated carbocycles. The highest BCUT2D eigenvalue weighted by molar-refractivity contribution is 7.16. The minimum atomic E-state index is -0.0562. The number of likely N-dealkylation sites (tertiary alicyclic amines) is 1. The average Bonchev–Trinajstić information content (AvgIpc) is 3.36. The molecule has 1 aliphatic heterocycles. The van der Waals surface area contributed by atoms with Crippen LogP contribution in [0.4, 0.5) is 0 Å². The monoisotopic (exact) mass is 394 g/mol. The Morgan fingerprint density at radius 1 is 1.14 bits per heavy atom. The molecule has 0 N–H and O–H groups in total. The van der Waals surface area contributed by atoms with E-state index in [1.54, 1.807) is 0 Å². The first kappa shape index (κ1) is 17.6. The second-order valence-electron chi connectivity index (χ2n) is 7.59. The summed E-state index contributed by atoms with van der Waals surface area (Å²) in [5, 5.41) is 5.43. The lowest BCUT2D eigenvalue weighted by atomic mass is 9.97. The number of amides is 1. The zero-order chi connectivity index (χ0) is 19.1. The molecule has 2 aromatic heterocycles. The third-order valence-corrected chi connectivity index (χ3v) is 6.76. The van der Waals surface area contributed by atoms with Crippen molar-refractivity contribution in [3.63, 3.8) is 0 Å². The third kappa shape index (κ3) is 3.03. The highest BCUT2D eigenvalue weighted by Crippen LogP contribution is 2.34. The van der Waals surface area contributed by atoms with Gasteiger partial charge in [-0.25, -0.2) is 4.98 Å². The van der Waals surface area contributed by atoms with E-state index in [0.29, 0.717) is 11.4 Å². The summed E-state index contributed by atoms with van der Waals surface area (Å²) in [7, 11) is 0. The van der Waals surface area contributed by atoms with Crippen LogP contribution in [0.5, 0.6) is 0 Å². The van der Waals surface area contributed by atoms with Crippen LogP contribution >= 0.6 is 11.3 Å². The van der Waals surface area contributed by atoms with Crippen molar-refractivity contribution < 1.29 is 4.79 Å². The number of nitrogens with zero attached hydrogens (tertiary/aromatic N) is 4. The number of hydrogen-bond acceptors (Lipinski definition) is 5. The molecule has 3 heterocycles. The van der Waals surface area contributed by atoms with Crippen molar-refractivity contribution in [3.05, 3.63) is 62.5 Å². The number of benzene rings is 1. The first-order valence-electron chi connectivity index (χ1n) is 9.95. The van der Waals surface area contributed by atoms with Gasteiger partial charge in [-0.15, -0.1) is 0 Å². The van der Waals surface area contributed by atoms with Gasteiger partial charge < -0.3 is 4.90 Å². The Morgan fingerprint density at radius 2 is 1.96 bits per heavy atom. The van der Waals surface area contributed by atoms with E-state index in [1.165, 1.54) is 15.9 Å². The molecule has 1 aromatic carbocycles. The number of aryl methyl sites for hydroxylation is 1. The van der Waals surface area contributed by atoms with E-state index in [4.69, 9.17) is 4.98 Å². The third-order valence-electron chi connectivity index (χ3n) is 5.75. The molecule has 0 spiro atoms. The predicted octanol–water partition coefficient (Wildman–Crippen LogP) is 2.94. The van der Waals surface area contributed by atoms with Crippen molar-refractivity contribution in [3.8, 4) is 0 Å². The Kier molecular flexibility index (Phi) is 4.47. The van der Waals surface area contributed by atoms with Gasteiger partial charge in [0.1, 0.15) is 5.01 Å². The number of rotatable bonds is 3. The summed E-state index contributed by atoms with van der Waals surface area (Å²) in [5.41, 5.74) is 2.76. The highest BCUT2D eigenvalue weighted by atomic mass is 32.1. The molecule has 1 aliphatic carbocycles. The fraction of sp³-hybridized carbons (Fsp3) is 0.429. The van der Waals surface area contributed by atoms with Gasteiger partial charge in [-0.05, 0) is 44.1 Å². The molecule has 1 amide bonds. The van der Waals surface area contributed by atoms with Gasteiger partial charge in [0.25, 0.3) is 5.56 Å². The van der Waals surface area contributed by atoms with Crippen molar-refractivity contribution in [1.29, 1.82) is 0 Å². The SMILES string of the molecule is O=C(Cc1ccccc1)N1CCC[C@@H]1c1nn2c(=O)c3c(nc2s1)CCCC3. The molecule has 144 valence electrons. The zero-order valence-corrected chi connectivity index (χ0v) is 16.5. The van der Waals surface area contributed by atoms with Crippen LogP contribution in [0, 0.1) is 0 Å². The summed E-state index contributed by atoms with van der Waals surface area (Å²) < 4.78 is 1.46. The van der Waals surface area contributed by atoms with Crippen molar-refractivity contribution in [2.45, 2.75) is 51.0 Å². The van der Waals surface area contributed by atoms with E-state index in [2.05, 4.69) is 5.10 Å². The fourth-order valence-corrected chi connectivity index (χ4v) is 5.37. The van der Waals surface area contributed by atoms with Gasteiger partial charge in [0, 0.05) is 12.1 Å². The molecule has 1 saturated heterocycles. The minimum Gasteiger partial charge on any atom is -0.333 e. The van der Waals surface area contributed by atoms with E-state index in [1.807, 2.05) is 35.2 Å². The molecular weight excluding hydrogens is 372 g/mol. The van der Waals surface area contributed by atoms with Crippen LogP contribution < -0.4 is 5.56 Å². The predicted molar refractivity (Wildman–Crippen MR) is 108 cm³/mol. The Balaban J connectivity index is 1.46. The van der Waals surface area contributed by atoms with Gasteiger partial charge in [0.2, 0.25) is 10.9 Å². The summed E-state index contributed by atoms with van der Waals surface area (Å²) in [5.74, 6) is 0.118. The lowest BCUT2D eigenvalue weighted by Gasteiger charge is -2.22. The second kappa shape index (κ2) is 7.13. The number of fused-ring (bicyclic) bond motifs is 2. The number of carbonyl (C=O) groups is 1.